The SMILES string of the molecule is COc1ccc2c(c1Nc1ncc(Cl)c(Nc3ccccc3S(=O)(=O)N(C)C)n1)CCC(NCC(F)F)CC2. The molecule has 0 fully saturated rings. The maximum Gasteiger partial charge on any atom is 0.250 e. The number of nitrogens with zero attached hydrogens (tertiary/aromatic N) is 3. The zero-order chi connectivity index (χ0) is 28.2. The lowest BCUT2D eigenvalue weighted by molar-refractivity contribution is 0.140. The van der Waals surface area contributed by atoms with Crippen LogP contribution in [0.5, 0.6) is 5.75 Å². The van der Waals surface area contributed by atoms with Crippen molar-refractivity contribution in [3.05, 3.63) is 58.7 Å². The van der Waals surface area contributed by atoms with Gasteiger partial charge < -0.3 is 20.7 Å². The molecule has 2 aromatic carbocycles. The Hall–Kier alpha value is -3.06. The highest BCUT2D eigenvalue weighted by Crippen LogP contribution is 2.37. The number of para-hydroxylation sites is 1. The standard InChI is InChI=1S/C26H31ClF2N6O3S/c1-35(2)39(36,37)22-7-5-4-6-20(22)32-25-19(27)14-31-26(34-25)33-24-18-12-11-17(30-15-23(28)29)10-8-16(18)9-13-21(24)38-3/h4-7,9,13-14,17,23,30H,8,10-12,15H2,1-3H3,(H2,31,32,33,34). The van der Waals surface area contributed by atoms with Crippen molar-refractivity contribution in [2.75, 3.05) is 38.4 Å². The molecule has 1 aromatic heterocycles. The summed E-state index contributed by atoms with van der Waals surface area (Å²) in [5.41, 5.74) is 3.10. The first-order valence-corrected chi connectivity index (χ1v) is 14.2. The Balaban J connectivity index is 1.63. The number of fused-ring (bicyclic) bond motifs is 1. The van der Waals surface area contributed by atoms with Gasteiger partial charge in [-0.1, -0.05) is 29.8 Å². The van der Waals surface area contributed by atoms with Crippen LogP contribution < -0.4 is 20.7 Å². The molecule has 210 valence electrons. The van der Waals surface area contributed by atoms with Crippen molar-refractivity contribution in [3.8, 4) is 5.75 Å². The van der Waals surface area contributed by atoms with E-state index in [1.54, 1.807) is 25.3 Å². The molecule has 0 amide bonds. The number of methoxy groups -OCH3 is 1. The fourth-order valence-electron chi connectivity index (χ4n) is 4.49. The number of hydrogen-bond donors (Lipinski definition) is 3. The summed E-state index contributed by atoms with van der Waals surface area (Å²) in [6.07, 6.45) is 1.82. The predicted molar refractivity (Wildman–Crippen MR) is 148 cm³/mol. The van der Waals surface area contributed by atoms with Crippen molar-refractivity contribution in [1.29, 1.82) is 0 Å². The Morgan fingerprint density at radius 3 is 2.59 bits per heavy atom. The van der Waals surface area contributed by atoms with Crippen molar-refractivity contribution in [3.63, 3.8) is 0 Å². The molecule has 1 aliphatic rings. The summed E-state index contributed by atoms with van der Waals surface area (Å²) >= 11 is 6.38. The molecular weight excluding hydrogens is 550 g/mol. The van der Waals surface area contributed by atoms with Crippen molar-refractivity contribution < 1.29 is 21.9 Å². The first-order chi connectivity index (χ1) is 18.6. The normalized spacial score (nSPS) is 15.6. The fourth-order valence-corrected chi connectivity index (χ4v) is 5.67. The largest absolute Gasteiger partial charge is 0.495 e. The van der Waals surface area contributed by atoms with Crippen molar-refractivity contribution in [1.82, 2.24) is 19.6 Å². The van der Waals surface area contributed by atoms with E-state index in [0.29, 0.717) is 30.0 Å². The van der Waals surface area contributed by atoms with Crippen LogP contribution in [0.1, 0.15) is 24.0 Å². The maximum absolute atomic E-state index is 12.8. The average molecular weight is 581 g/mol. The van der Waals surface area contributed by atoms with Gasteiger partial charge in [0.15, 0.2) is 5.82 Å². The molecule has 0 saturated heterocycles. The lowest BCUT2D eigenvalue weighted by atomic mass is 10.00. The molecule has 0 radical (unpaired) electrons. The number of ether oxygens (including phenoxy) is 1. The molecule has 39 heavy (non-hydrogen) atoms. The summed E-state index contributed by atoms with van der Waals surface area (Å²) in [4.78, 5) is 8.91. The lowest BCUT2D eigenvalue weighted by Crippen LogP contribution is -2.33. The zero-order valence-corrected chi connectivity index (χ0v) is 23.4. The monoisotopic (exact) mass is 580 g/mol. The van der Waals surface area contributed by atoms with Gasteiger partial charge >= 0.3 is 0 Å². The Labute approximate surface area is 232 Å². The summed E-state index contributed by atoms with van der Waals surface area (Å²) < 4.78 is 57.8. The van der Waals surface area contributed by atoms with Gasteiger partial charge in [0, 0.05) is 20.1 Å². The number of sulfonamides is 1. The van der Waals surface area contributed by atoms with Crippen LogP contribution in [0.15, 0.2) is 47.5 Å². The maximum atomic E-state index is 12.8. The number of anilines is 4. The molecule has 1 aliphatic carbocycles. The molecular formula is C26H31ClF2N6O3S. The van der Waals surface area contributed by atoms with E-state index in [1.165, 1.54) is 26.4 Å². The number of aromatic nitrogens is 2. The minimum absolute atomic E-state index is 0.0219. The van der Waals surface area contributed by atoms with E-state index in [-0.39, 0.29) is 34.3 Å². The third-order valence-corrected chi connectivity index (χ3v) is 8.69. The number of alkyl halides is 2. The van der Waals surface area contributed by atoms with E-state index < -0.39 is 16.4 Å². The minimum atomic E-state index is -3.73. The van der Waals surface area contributed by atoms with E-state index in [4.69, 9.17) is 16.3 Å². The Morgan fingerprint density at radius 2 is 1.87 bits per heavy atom. The van der Waals surface area contributed by atoms with Crippen LogP contribution in [0.4, 0.5) is 31.9 Å². The third-order valence-electron chi connectivity index (χ3n) is 6.54. The predicted octanol–water partition coefficient (Wildman–Crippen LogP) is 4.98. The topological polar surface area (TPSA) is 108 Å². The summed E-state index contributed by atoms with van der Waals surface area (Å²) in [5, 5.41) is 9.43. The van der Waals surface area contributed by atoms with E-state index in [1.807, 2.05) is 12.1 Å². The quantitative estimate of drug-likeness (QED) is 0.288. The molecule has 0 saturated carbocycles. The second kappa shape index (κ2) is 12.4. The number of halogens is 3. The van der Waals surface area contributed by atoms with Gasteiger partial charge in [-0.3, -0.25) is 0 Å². The van der Waals surface area contributed by atoms with Crippen LogP contribution in [-0.2, 0) is 22.9 Å². The molecule has 13 heteroatoms. The van der Waals surface area contributed by atoms with Gasteiger partial charge in [0.1, 0.15) is 15.7 Å². The second-order valence-electron chi connectivity index (χ2n) is 9.28. The molecule has 1 unspecified atom stereocenters. The molecule has 0 bridgehead atoms. The van der Waals surface area contributed by atoms with Gasteiger partial charge in [0.25, 0.3) is 6.43 Å². The highest BCUT2D eigenvalue weighted by atomic mass is 35.5. The van der Waals surface area contributed by atoms with Gasteiger partial charge in [-0.05, 0) is 55.0 Å². The van der Waals surface area contributed by atoms with Gasteiger partial charge in [-0.15, -0.1) is 0 Å². The number of nitrogens with one attached hydrogen (secondary N) is 3. The van der Waals surface area contributed by atoms with Gasteiger partial charge in [-0.2, -0.15) is 4.98 Å². The smallest absolute Gasteiger partial charge is 0.250 e. The summed E-state index contributed by atoms with van der Waals surface area (Å²) in [7, 11) is 0.749. The van der Waals surface area contributed by atoms with E-state index >= 15 is 0 Å². The van der Waals surface area contributed by atoms with Crippen molar-refractivity contribution in [2.45, 2.75) is 43.0 Å². The number of rotatable bonds is 10. The van der Waals surface area contributed by atoms with Crippen molar-refractivity contribution in [2.24, 2.45) is 0 Å². The van der Waals surface area contributed by atoms with Gasteiger partial charge in [-0.25, -0.2) is 26.5 Å². The van der Waals surface area contributed by atoms with Gasteiger partial charge in [0.05, 0.1) is 31.2 Å². The van der Waals surface area contributed by atoms with Crippen LogP contribution in [-0.4, -0.2) is 62.9 Å². The Kier molecular flexibility index (Phi) is 9.21. The van der Waals surface area contributed by atoms with Crippen LogP contribution >= 0.6 is 11.6 Å². The number of aryl methyl sites for hydroxylation is 1. The lowest BCUT2D eigenvalue weighted by Gasteiger charge is -2.19. The number of hydrogen-bond acceptors (Lipinski definition) is 8. The van der Waals surface area contributed by atoms with E-state index in [2.05, 4.69) is 25.9 Å². The molecule has 3 aromatic rings. The van der Waals surface area contributed by atoms with Crippen LogP contribution in [0.25, 0.3) is 0 Å². The van der Waals surface area contributed by atoms with E-state index in [9.17, 15) is 17.2 Å². The third kappa shape index (κ3) is 6.75. The molecule has 0 aliphatic heterocycles. The number of benzene rings is 2. The molecule has 9 nitrogen and oxygen atoms in total. The Bertz CT molecular complexity index is 1420. The average Bonchev–Trinajstić information content (AvgIpc) is 3.12. The molecule has 1 atom stereocenters. The van der Waals surface area contributed by atoms with Gasteiger partial charge in [0.2, 0.25) is 16.0 Å². The fraction of sp³-hybridized carbons (Fsp3) is 0.385. The van der Waals surface area contributed by atoms with Crippen LogP contribution in [0, 0.1) is 0 Å². The molecule has 0 spiro atoms. The first-order valence-electron chi connectivity index (χ1n) is 12.4. The zero-order valence-electron chi connectivity index (χ0n) is 21.8. The highest BCUT2D eigenvalue weighted by molar-refractivity contribution is 7.89. The van der Waals surface area contributed by atoms with Crippen LogP contribution in [0.2, 0.25) is 5.02 Å². The molecule has 1 heterocycles. The Morgan fingerprint density at radius 1 is 1.13 bits per heavy atom. The second-order valence-corrected chi connectivity index (χ2v) is 11.8. The summed E-state index contributed by atoms with van der Waals surface area (Å²) in [5.74, 6) is 1.02. The van der Waals surface area contributed by atoms with Crippen LogP contribution in [0.3, 0.4) is 0 Å². The molecule has 4 rings (SSSR count). The summed E-state index contributed by atoms with van der Waals surface area (Å²) in [6, 6.07) is 10.3. The summed E-state index contributed by atoms with van der Waals surface area (Å²) in [6.45, 7) is -0.331. The first kappa shape index (κ1) is 28.9. The highest BCUT2D eigenvalue weighted by Gasteiger charge is 2.24. The molecule has 3 N–H and O–H groups in total. The van der Waals surface area contributed by atoms with Crippen molar-refractivity contribution >= 4 is 44.8 Å². The van der Waals surface area contributed by atoms with E-state index in [0.717, 1.165) is 28.3 Å². The minimum Gasteiger partial charge on any atom is -0.495 e.